The van der Waals surface area contributed by atoms with Crippen molar-refractivity contribution in [1.29, 1.82) is 0 Å². The van der Waals surface area contributed by atoms with E-state index in [1.165, 1.54) is 11.3 Å². The Bertz CT molecular complexity index is 1070. The number of carbonyl (C=O) groups is 1. The normalized spacial score (nSPS) is 15.0. The number of carbonyl (C=O) groups excluding carboxylic acids is 1. The van der Waals surface area contributed by atoms with Crippen molar-refractivity contribution in [2.24, 2.45) is 5.10 Å². The summed E-state index contributed by atoms with van der Waals surface area (Å²) in [7, 11) is 0. The van der Waals surface area contributed by atoms with E-state index in [9.17, 15) is 4.79 Å². The number of amides is 1. The number of ether oxygens (including phenoxy) is 1. The average molecular weight is 448 g/mol. The van der Waals surface area contributed by atoms with E-state index in [-0.39, 0.29) is 5.91 Å². The van der Waals surface area contributed by atoms with Crippen LogP contribution >= 0.6 is 34.5 Å². The standard InChI is InChI=1S/C21H19Cl2N3O2S/c1-13(14-5-7-15(8-6-14)26-9-11-28-12-10-26)24-25-21(27)20-19(23)18-16(22)3-2-4-17(18)29-20/h2-8H,9-12H2,1H3,(H,25,27)/b24-13-. The number of thiophene rings is 1. The second-order valence-corrected chi connectivity index (χ2v) is 8.48. The Balaban J connectivity index is 1.48. The molecule has 0 spiro atoms. The second kappa shape index (κ2) is 8.71. The fourth-order valence-electron chi connectivity index (χ4n) is 3.20. The van der Waals surface area contributed by atoms with Gasteiger partial charge in [0.25, 0.3) is 5.91 Å². The van der Waals surface area contributed by atoms with E-state index in [1.807, 2.05) is 31.2 Å². The number of nitrogens with zero attached hydrogens (tertiary/aromatic N) is 2. The van der Waals surface area contributed by atoms with Crippen LogP contribution in [-0.2, 0) is 4.74 Å². The van der Waals surface area contributed by atoms with Crippen LogP contribution in [0.3, 0.4) is 0 Å². The number of anilines is 1. The average Bonchev–Trinajstić information content (AvgIpc) is 3.10. The molecule has 1 aliphatic rings. The molecule has 0 bridgehead atoms. The van der Waals surface area contributed by atoms with Crippen LogP contribution in [0.1, 0.15) is 22.2 Å². The molecule has 1 saturated heterocycles. The summed E-state index contributed by atoms with van der Waals surface area (Å²) in [6.45, 7) is 5.14. The van der Waals surface area contributed by atoms with Gasteiger partial charge in [0.1, 0.15) is 4.88 Å². The maximum atomic E-state index is 12.6. The predicted octanol–water partition coefficient (Wildman–Crippen LogP) is 5.20. The first kappa shape index (κ1) is 20.2. The minimum atomic E-state index is -0.350. The van der Waals surface area contributed by atoms with Gasteiger partial charge in [-0.2, -0.15) is 5.10 Å². The molecule has 150 valence electrons. The number of fused-ring (bicyclic) bond motifs is 1. The molecule has 3 aromatic rings. The second-order valence-electron chi connectivity index (χ2n) is 6.64. The van der Waals surface area contributed by atoms with Crippen molar-refractivity contribution >= 4 is 61.9 Å². The van der Waals surface area contributed by atoms with E-state index < -0.39 is 0 Å². The van der Waals surface area contributed by atoms with Gasteiger partial charge in [0.05, 0.1) is 29.0 Å². The highest BCUT2D eigenvalue weighted by atomic mass is 35.5. The molecule has 2 heterocycles. The van der Waals surface area contributed by atoms with Gasteiger partial charge >= 0.3 is 0 Å². The minimum absolute atomic E-state index is 0.350. The van der Waals surface area contributed by atoms with Crippen LogP contribution in [0.25, 0.3) is 10.1 Å². The first-order valence-electron chi connectivity index (χ1n) is 9.19. The molecule has 2 aromatic carbocycles. The topological polar surface area (TPSA) is 53.9 Å². The molecule has 0 saturated carbocycles. The predicted molar refractivity (Wildman–Crippen MR) is 121 cm³/mol. The number of hydrazone groups is 1. The molecule has 1 fully saturated rings. The third-order valence-electron chi connectivity index (χ3n) is 4.80. The monoisotopic (exact) mass is 447 g/mol. The maximum Gasteiger partial charge on any atom is 0.283 e. The van der Waals surface area contributed by atoms with E-state index in [4.69, 9.17) is 27.9 Å². The van der Waals surface area contributed by atoms with Crippen LogP contribution in [0.2, 0.25) is 10.0 Å². The molecule has 1 N–H and O–H groups in total. The van der Waals surface area contributed by atoms with E-state index in [0.717, 1.165) is 42.3 Å². The fourth-order valence-corrected chi connectivity index (χ4v) is 5.05. The quantitative estimate of drug-likeness (QED) is 0.441. The molecule has 5 nitrogen and oxygen atoms in total. The fraction of sp³-hybridized carbons (Fsp3) is 0.238. The van der Waals surface area contributed by atoms with Crippen LogP contribution in [0, 0.1) is 0 Å². The van der Waals surface area contributed by atoms with Gasteiger partial charge in [-0.3, -0.25) is 4.79 Å². The van der Waals surface area contributed by atoms with E-state index in [0.29, 0.717) is 26.0 Å². The Kier molecular flexibility index (Phi) is 6.06. The van der Waals surface area contributed by atoms with Gasteiger partial charge in [-0.15, -0.1) is 11.3 Å². The Morgan fingerprint density at radius 2 is 1.86 bits per heavy atom. The number of rotatable bonds is 4. The molecule has 4 rings (SSSR count). The zero-order chi connectivity index (χ0) is 20.4. The third kappa shape index (κ3) is 4.26. The van der Waals surface area contributed by atoms with Crippen LogP contribution < -0.4 is 10.3 Å². The molecular weight excluding hydrogens is 429 g/mol. The number of halogens is 2. The summed E-state index contributed by atoms with van der Waals surface area (Å²) in [5.74, 6) is -0.350. The zero-order valence-electron chi connectivity index (χ0n) is 15.7. The lowest BCUT2D eigenvalue weighted by Crippen LogP contribution is -2.36. The van der Waals surface area contributed by atoms with Crippen molar-refractivity contribution in [3.63, 3.8) is 0 Å². The Morgan fingerprint density at radius 3 is 2.55 bits per heavy atom. The van der Waals surface area contributed by atoms with Gasteiger partial charge in [-0.1, -0.05) is 41.4 Å². The smallest absolute Gasteiger partial charge is 0.283 e. The van der Waals surface area contributed by atoms with Gasteiger partial charge < -0.3 is 9.64 Å². The SMILES string of the molecule is C/C(=N/NC(=O)c1sc2cccc(Cl)c2c1Cl)c1ccc(N2CCOCC2)cc1. The summed E-state index contributed by atoms with van der Waals surface area (Å²) in [5.41, 5.74) is 5.40. The number of benzene rings is 2. The molecule has 1 aromatic heterocycles. The zero-order valence-corrected chi connectivity index (χ0v) is 18.1. The Labute approximate surface area is 182 Å². The van der Waals surface area contributed by atoms with Crippen LogP contribution in [0.5, 0.6) is 0 Å². The van der Waals surface area contributed by atoms with Crippen molar-refractivity contribution in [3.05, 3.63) is 63.0 Å². The molecule has 8 heteroatoms. The molecule has 1 aliphatic heterocycles. The first-order valence-corrected chi connectivity index (χ1v) is 10.8. The number of nitrogens with one attached hydrogen (secondary N) is 1. The van der Waals surface area contributed by atoms with Gasteiger partial charge in [-0.25, -0.2) is 5.43 Å². The van der Waals surface area contributed by atoms with Gasteiger partial charge in [0.2, 0.25) is 0 Å². The van der Waals surface area contributed by atoms with Crippen molar-refractivity contribution in [2.75, 3.05) is 31.2 Å². The summed E-state index contributed by atoms with van der Waals surface area (Å²) in [6.07, 6.45) is 0. The summed E-state index contributed by atoms with van der Waals surface area (Å²) < 4.78 is 6.26. The highest BCUT2D eigenvalue weighted by Gasteiger charge is 2.18. The van der Waals surface area contributed by atoms with Crippen molar-refractivity contribution < 1.29 is 9.53 Å². The number of morpholine rings is 1. The largest absolute Gasteiger partial charge is 0.378 e. The molecule has 1 amide bonds. The third-order valence-corrected chi connectivity index (χ3v) is 6.76. The molecule has 0 radical (unpaired) electrons. The van der Waals surface area contributed by atoms with Gasteiger partial charge in [-0.05, 0) is 36.8 Å². The number of hydrogen-bond donors (Lipinski definition) is 1. The first-order chi connectivity index (χ1) is 14.0. The van der Waals surface area contributed by atoms with Gasteiger partial charge in [0, 0.05) is 28.9 Å². The van der Waals surface area contributed by atoms with E-state index >= 15 is 0 Å². The van der Waals surface area contributed by atoms with Gasteiger partial charge in [0.15, 0.2) is 0 Å². The molecule has 0 unspecified atom stereocenters. The summed E-state index contributed by atoms with van der Waals surface area (Å²) in [6, 6.07) is 13.6. The maximum absolute atomic E-state index is 12.6. The molecule has 0 atom stereocenters. The number of hydrogen-bond acceptors (Lipinski definition) is 5. The van der Waals surface area contributed by atoms with Crippen molar-refractivity contribution in [3.8, 4) is 0 Å². The highest BCUT2D eigenvalue weighted by Crippen LogP contribution is 2.39. The van der Waals surface area contributed by atoms with E-state index in [1.54, 1.807) is 6.07 Å². The van der Waals surface area contributed by atoms with E-state index in [2.05, 4.69) is 27.6 Å². The lowest BCUT2D eigenvalue weighted by molar-refractivity contribution is 0.0959. The molecule has 29 heavy (non-hydrogen) atoms. The van der Waals surface area contributed by atoms with Crippen LogP contribution in [0.4, 0.5) is 5.69 Å². The highest BCUT2D eigenvalue weighted by molar-refractivity contribution is 7.21. The molecule has 0 aliphatic carbocycles. The van der Waals surface area contributed by atoms with Crippen molar-refractivity contribution in [1.82, 2.24) is 5.43 Å². The Morgan fingerprint density at radius 1 is 1.14 bits per heavy atom. The van der Waals surface area contributed by atoms with Crippen molar-refractivity contribution in [2.45, 2.75) is 6.92 Å². The van der Waals surface area contributed by atoms with Crippen LogP contribution in [0.15, 0.2) is 47.6 Å². The Hall–Kier alpha value is -2.12. The lowest BCUT2D eigenvalue weighted by Gasteiger charge is -2.28. The molecular formula is C21H19Cl2N3O2S. The van der Waals surface area contributed by atoms with Crippen LogP contribution in [-0.4, -0.2) is 37.9 Å². The lowest BCUT2D eigenvalue weighted by atomic mass is 10.1. The summed E-state index contributed by atoms with van der Waals surface area (Å²) >= 11 is 13.9. The summed E-state index contributed by atoms with van der Waals surface area (Å²) in [4.78, 5) is 15.3. The minimum Gasteiger partial charge on any atom is -0.378 e. The summed E-state index contributed by atoms with van der Waals surface area (Å²) in [5, 5.41) is 5.83.